The van der Waals surface area contributed by atoms with Crippen molar-refractivity contribution in [3.63, 3.8) is 0 Å². The number of imidazole rings is 1. The van der Waals surface area contributed by atoms with Crippen molar-refractivity contribution in [2.24, 2.45) is 5.92 Å². The molecule has 0 spiro atoms. The molecule has 1 aromatic carbocycles. The van der Waals surface area contributed by atoms with Gasteiger partial charge in [0.25, 0.3) is 0 Å². The van der Waals surface area contributed by atoms with Crippen LogP contribution in [-0.2, 0) is 0 Å². The van der Waals surface area contributed by atoms with Crippen LogP contribution in [0, 0.1) is 5.92 Å². The van der Waals surface area contributed by atoms with Crippen molar-refractivity contribution >= 4 is 22.4 Å². The van der Waals surface area contributed by atoms with Crippen LogP contribution in [0.25, 0.3) is 27.8 Å². The molecule has 4 aromatic rings. The minimum absolute atomic E-state index is 0.0341. The highest BCUT2D eigenvalue weighted by Crippen LogP contribution is 2.25. The molecule has 4 rings (SSSR count). The molecular weight excluding hydrogens is 314 g/mol. The number of hydrogen-bond donors (Lipinski definition) is 3. The Morgan fingerprint density at radius 3 is 2.88 bits per heavy atom. The van der Waals surface area contributed by atoms with E-state index in [-0.39, 0.29) is 12.6 Å². The Bertz CT molecular complexity index is 1020. The van der Waals surface area contributed by atoms with Crippen LogP contribution in [0.4, 0.5) is 5.82 Å². The van der Waals surface area contributed by atoms with Gasteiger partial charge in [-0.25, -0.2) is 9.50 Å². The number of aromatic amines is 1. The summed E-state index contributed by atoms with van der Waals surface area (Å²) in [5, 5.41) is 18.7. The lowest BCUT2D eigenvalue weighted by atomic mass is 10.1. The average Bonchev–Trinajstić information content (AvgIpc) is 3.24. The number of fused-ring (bicyclic) bond motifs is 2. The zero-order valence-electron chi connectivity index (χ0n) is 14.3. The predicted molar refractivity (Wildman–Crippen MR) is 99.6 cm³/mol. The summed E-state index contributed by atoms with van der Waals surface area (Å²) < 4.78 is 1.84. The van der Waals surface area contributed by atoms with Crippen LogP contribution in [0.5, 0.6) is 0 Å². The monoisotopic (exact) mass is 335 g/mol. The molecule has 1 unspecified atom stereocenters. The van der Waals surface area contributed by atoms with E-state index < -0.39 is 0 Å². The van der Waals surface area contributed by atoms with Crippen molar-refractivity contribution in [2.45, 2.75) is 19.9 Å². The molecule has 3 heterocycles. The first-order valence-corrected chi connectivity index (χ1v) is 8.45. The zero-order chi connectivity index (χ0) is 17.4. The van der Waals surface area contributed by atoms with Crippen LogP contribution >= 0.6 is 0 Å². The van der Waals surface area contributed by atoms with Crippen molar-refractivity contribution < 1.29 is 5.11 Å². The molecule has 128 valence electrons. The summed E-state index contributed by atoms with van der Waals surface area (Å²) in [5.41, 5.74) is 3.90. The smallest absolute Gasteiger partial charge is 0.154 e. The van der Waals surface area contributed by atoms with Crippen molar-refractivity contribution in [1.29, 1.82) is 0 Å². The molecule has 0 aliphatic carbocycles. The minimum atomic E-state index is -0.0341. The van der Waals surface area contributed by atoms with Gasteiger partial charge in [0.1, 0.15) is 5.82 Å². The predicted octanol–water partition coefficient (Wildman–Crippen LogP) is 3.31. The molecule has 25 heavy (non-hydrogen) atoms. The number of aromatic nitrogens is 4. The van der Waals surface area contributed by atoms with E-state index in [1.807, 2.05) is 29.0 Å². The van der Waals surface area contributed by atoms with Gasteiger partial charge in [0.05, 0.1) is 24.5 Å². The Balaban J connectivity index is 1.75. The molecule has 0 aliphatic heterocycles. The van der Waals surface area contributed by atoms with E-state index in [1.165, 1.54) is 0 Å². The van der Waals surface area contributed by atoms with E-state index in [4.69, 9.17) is 0 Å². The van der Waals surface area contributed by atoms with Gasteiger partial charge in [0.15, 0.2) is 5.65 Å². The largest absolute Gasteiger partial charge is 0.394 e. The quantitative estimate of drug-likeness (QED) is 0.523. The minimum Gasteiger partial charge on any atom is -0.394 e. The van der Waals surface area contributed by atoms with Crippen LogP contribution < -0.4 is 5.32 Å². The van der Waals surface area contributed by atoms with Gasteiger partial charge in [-0.05, 0) is 36.2 Å². The van der Waals surface area contributed by atoms with Crippen LogP contribution in [0.1, 0.15) is 13.8 Å². The van der Waals surface area contributed by atoms with Crippen molar-refractivity contribution in [2.75, 3.05) is 11.9 Å². The van der Waals surface area contributed by atoms with E-state index in [0.29, 0.717) is 5.92 Å². The molecule has 6 heteroatoms. The molecular formula is C19H21N5O. The Morgan fingerprint density at radius 1 is 1.20 bits per heavy atom. The Morgan fingerprint density at radius 2 is 2.08 bits per heavy atom. The third kappa shape index (κ3) is 2.85. The Hall–Kier alpha value is -2.86. The number of H-pyrrole nitrogens is 1. The second kappa shape index (κ2) is 6.22. The fourth-order valence-electron chi connectivity index (χ4n) is 2.97. The molecule has 0 fully saturated rings. The summed E-state index contributed by atoms with van der Waals surface area (Å²) >= 11 is 0. The van der Waals surface area contributed by atoms with Gasteiger partial charge in [-0.2, -0.15) is 0 Å². The van der Waals surface area contributed by atoms with E-state index >= 15 is 0 Å². The number of anilines is 1. The molecule has 0 saturated heterocycles. The fraction of sp³-hybridized carbons (Fsp3) is 0.263. The zero-order valence-corrected chi connectivity index (χ0v) is 14.3. The second-order valence-corrected chi connectivity index (χ2v) is 6.59. The van der Waals surface area contributed by atoms with Crippen molar-refractivity contribution in [3.8, 4) is 11.3 Å². The summed E-state index contributed by atoms with van der Waals surface area (Å²) in [6, 6.07) is 12.1. The van der Waals surface area contributed by atoms with Gasteiger partial charge in [-0.15, -0.1) is 5.10 Å². The van der Waals surface area contributed by atoms with Gasteiger partial charge in [-0.1, -0.05) is 19.9 Å². The van der Waals surface area contributed by atoms with E-state index in [1.54, 1.807) is 0 Å². The van der Waals surface area contributed by atoms with E-state index in [9.17, 15) is 5.11 Å². The lowest BCUT2D eigenvalue weighted by Gasteiger charge is -2.20. The summed E-state index contributed by atoms with van der Waals surface area (Å²) in [5.74, 6) is 1.03. The maximum absolute atomic E-state index is 9.53. The molecule has 1 atom stereocenters. The number of aliphatic hydroxyl groups is 1. The molecule has 6 nitrogen and oxygen atoms in total. The van der Waals surface area contributed by atoms with Crippen LogP contribution in [0.2, 0.25) is 0 Å². The van der Waals surface area contributed by atoms with Gasteiger partial charge in [-0.3, -0.25) is 0 Å². The van der Waals surface area contributed by atoms with Crippen LogP contribution in [0.3, 0.4) is 0 Å². The molecule has 3 N–H and O–H groups in total. The fourth-order valence-corrected chi connectivity index (χ4v) is 2.97. The molecule has 0 amide bonds. The van der Waals surface area contributed by atoms with Crippen LogP contribution in [-0.4, -0.2) is 37.3 Å². The highest BCUT2D eigenvalue weighted by molar-refractivity contribution is 5.84. The van der Waals surface area contributed by atoms with Crippen LogP contribution in [0.15, 0.2) is 48.8 Å². The highest BCUT2D eigenvalue weighted by atomic mass is 16.3. The molecule has 0 aliphatic rings. The number of benzene rings is 1. The number of rotatable bonds is 5. The topological polar surface area (TPSA) is 78.2 Å². The van der Waals surface area contributed by atoms with Gasteiger partial charge < -0.3 is 15.4 Å². The Labute approximate surface area is 145 Å². The van der Waals surface area contributed by atoms with Crippen molar-refractivity contribution in [3.05, 3.63) is 48.8 Å². The third-order valence-corrected chi connectivity index (χ3v) is 4.55. The summed E-state index contributed by atoms with van der Waals surface area (Å²) in [4.78, 5) is 7.66. The summed E-state index contributed by atoms with van der Waals surface area (Å²) in [7, 11) is 0. The maximum atomic E-state index is 9.53. The number of aliphatic hydroxyl groups excluding tert-OH is 1. The number of nitrogens with zero attached hydrogens (tertiary/aromatic N) is 3. The summed E-state index contributed by atoms with van der Waals surface area (Å²) in [6.07, 6.45) is 3.77. The number of nitrogens with one attached hydrogen (secondary N) is 2. The maximum Gasteiger partial charge on any atom is 0.154 e. The molecule has 0 saturated carbocycles. The normalized spacial score (nSPS) is 13.0. The van der Waals surface area contributed by atoms with E-state index in [2.05, 4.69) is 58.5 Å². The average molecular weight is 335 g/mol. The lowest BCUT2D eigenvalue weighted by molar-refractivity contribution is 0.249. The lowest BCUT2D eigenvalue weighted by Crippen LogP contribution is -2.30. The SMILES string of the molecule is CC(C)C(CO)Nc1ccc2ncc(-c3ccc4[nH]ccc4c3)n2n1. The molecule has 0 bridgehead atoms. The first kappa shape index (κ1) is 15.7. The van der Waals surface area contributed by atoms with Gasteiger partial charge in [0.2, 0.25) is 0 Å². The first-order chi connectivity index (χ1) is 12.2. The molecule has 3 aromatic heterocycles. The van der Waals surface area contributed by atoms with Gasteiger partial charge in [0, 0.05) is 22.7 Å². The second-order valence-electron chi connectivity index (χ2n) is 6.59. The number of hydrogen-bond acceptors (Lipinski definition) is 4. The first-order valence-electron chi connectivity index (χ1n) is 8.45. The van der Waals surface area contributed by atoms with Crippen molar-refractivity contribution in [1.82, 2.24) is 19.6 Å². The molecule has 0 radical (unpaired) electrons. The summed E-state index contributed by atoms with van der Waals surface area (Å²) in [6.45, 7) is 4.21. The van der Waals surface area contributed by atoms with E-state index in [0.717, 1.165) is 33.6 Å². The third-order valence-electron chi connectivity index (χ3n) is 4.55. The highest BCUT2D eigenvalue weighted by Gasteiger charge is 2.14. The standard InChI is InChI=1S/C19H21N5O/c1-12(2)16(11-25)22-18-5-6-19-21-10-17(24(19)23-18)14-3-4-15-13(9-14)7-8-20-15/h3-10,12,16,20,25H,11H2,1-2H3,(H,22,23). The van der Waals surface area contributed by atoms with Gasteiger partial charge >= 0.3 is 0 Å². The Kier molecular flexibility index (Phi) is 3.89.